The summed E-state index contributed by atoms with van der Waals surface area (Å²) in [5, 5.41) is 12.4. The lowest BCUT2D eigenvalue weighted by Crippen LogP contribution is -2.37. The summed E-state index contributed by atoms with van der Waals surface area (Å²) >= 11 is 0. The predicted octanol–water partition coefficient (Wildman–Crippen LogP) is 4.05. The van der Waals surface area contributed by atoms with Gasteiger partial charge in [0, 0.05) is 18.3 Å². The van der Waals surface area contributed by atoms with E-state index in [1.54, 1.807) is 24.3 Å². The molecule has 0 aromatic heterocycles. The summed E-state index contributed by atoms with van der Waals surface area (Å²) in [6.07, 6.45) is 0.804. The summed E-state index contributed by atoms with van der Waals surface area (Å²) in [4.78, 5) is 11.1. The van der Waals surface area contributed by atoms with Crippen LogP contribution in [0.1, 0.15) is 25.0 Å². The second-order valence-corrected chi connectivity index (χ2v) is 6.07. The third kappa shape index (κ3) is 4.98. The molecule has 0 heterocycles. The second kappa shape index (κ2) is 7.81. The van der Waals surface area contributed by atoms with E-state index in [1.807, 2.05) is 24.3 Å². The Balaban J connectivity index is 1.91. The molecule has 2 aromatic rings. The number of carbonyl (C=O) groups is 1. The van der Waals surface area contributed by atoms with Gasteiger partial charge in [-0.25, -0.2) is 9.18 Å². The maximum Gasteiger partial charge on any atom is 0.347 e. The molecular weight excluding hydrogens is 309 g/mol. The van der Waals surface area contributed by atoms with Crippen LogP contribution in [0, 0.1) is 0 Å². The Kier molecular flexibility index (Phi) is 5.79. The van der Waals surface area contributed by atoms with Gasteiger partial charge in [-0.05, 0) is 43.5 Å². The lowest BCUT2D eigenvalue weighted by atomic mass is 10.1. The van der Waals surface area contributed by atoms with E-state index in [0.717, 1.165) is 17.7 Å². The summed E-state index contributed by atoms with van der Waals surface area (Å²) in [6.45, 7) is 3.28. The van der Waals surface area contributed by atoms with Crippen LogP contribution < -0.4 is 10.1 Å². The third-order valence-corrected chi connectivity index (χ3v) is 3.64. The summed E-state index contributed by atoms with van der Waals surface area (Å²) in [6, 6.07) is 14.6. The van der Waals surface area contributed by atoms with Crippen molar-refractivity contribution in [1.29, 1.82) is 0 Å². The Hall–Kier alpha value is -2.56. The molecule has 0 radical (unpaired) electrons. The van der Waals surface area contributed by atoms with Gasteiger partial charge in [0.25, 0.3) is 0 Å². The summed E-state index contributed by atoms with van der Waals surface area (Å²) in [7, 11) is 0. The first-order valence-electron chi connectivity index (χ1n) is 7.81. The molecule has 0 aliphatic rings. The van der Waals surface area contributed by atoms with Gasteiger partial charge in [-0.2, -0.15) is 0 Å². The number of hydrogen-bond acceptors (Lipinski definition) is 3. The number of alkyl halides is 1. The van der Waals surface area contributed by atoms with Crippen molar-refractivity contribution in [2.24, 2.45) is 0 Å². The highest BCUT2D eigenvalue weighted by molar-refractivity contribution is 5.76. The number of ether oxygens (including phenoxy) is 1. The van der Waals surface area contributed by atoms with Crippen molar-refractivity contribution < 1.29 is 19.0 Å². The zero-order valence-corrected chi connectivity index (χ0v) is 13.9. The number of carboxylic acids is 1. The van der Waals surface area contributed by atoms with E-state index < -0.39 is 18.2 Å². The smallest absolute Gasteiger partial charge is 0.347 e. The van der Waals surface area contributed by atoms with Gasteiger partial charge in [0.2, 0.25) is 0 Å². The standard InChI is InChI=1S/C19H22FNO3/c1-19(2,18(22)23)24-17-5-3-4-16(12-17)21-11-10-14-6-8-15(13-20)9-7-14/h3-9,12,21H,10-11,13H2,1-2H3,(H,22,23). The van der Waals surface area contributed by atoms with Crippen LogP contribution in [-0.4, -0.2) is 23.2 Å². The Bertz CT molecular complexity index is 683. The molecule has 0 amide bonds. The Morgan fingerprint density at radius 2 is 1.83 bits per heavy atom. The molecule has 2 rings (SSSR count). The van der Waals surface area contributed by atoms with Crippen molar-refractivity contribution in [2.45, 2.75) is 32.5 Å². The molecule has 0 atom stereocenters. The van der Waals surface area contributed by atoms with E-state index in [4.69, 9.17) is 9.84 Å². The molecule has 5 heteroatoms. The molecule has 0 spiro atoms. The van der Waals surface area contributed by atoms with Crippen LogP contribution in [0.3, 0.4) is 0 Å². The third-order valence-electron chi connectivity index (χ3n) is 3.64. The normalized spacial score (nSPS) is 11.1. The summed E-state index contributed by atoms with van der Waals surface area (Å²) in [5.74, 6) is -0.516. The Morgan fingerprint density at radius 3 is 2.46 bits per heavy atom. The van der Waals surface area contributed by atoms with Gasteiger partial charge >= 0.3 is 5.97 Å². The average Bonchev–Trinajstić information content (AvgIpc) is 2.55. The minimum absolute atomic E-state index is 0.446. The van der Waals surface area contributed by atoms with E-state index >= 15 is 0 Å². The molecule has 0 saturated carbocycles. The fraction of sp³-hybridized carbons (Fsp3) is 0.316. The van der Waals surface area contributed by atoms with Crippen molar-refractivity contribution in [3.8, 4) is 5.75 Å². The first kappa shape index (κ1) is 17.8. The van der Waals surface area contributed by atoms with E-state index in [9.17, 15) is 9.18 Å². The van der Waals surface area contributed by atoms with Crippen LogP contribution in [-0.2, 0) is 17.9 Å². The zero-order valence-electron chi connectivity index (χ0n) is 13.9. The van der Waals surface area contributed by atoms with Crippen LogP contribution in [0.5, 0.6) is 5.75 Å². The summed E-state index contributed by atoms with van der Waals surface area (Å²) in [5.41, 5.74) is 1.38. The Morgan fingerprint density at radius 1 is 1.17 bits per heavy atom. The largest absolute Gasteiger partial charge is 0.478 e. The minimum Gasteiger partial charge on any atom is -0.478 e. The van der Waals surface area contributed by atoms with Gasteiger partial charge in [-0.15, -0.1) is 0 Å². The molecule has 4 nitrogen and oxygen atoms in total. The molecule has 0 unspecified atom stereocenters. The van der Waals surface area contributed by atoms with Crippen LogP contribution in [0.2, 0.25) is 0 Å². The molecule has 0 bridgehead atoms. The molecule has 0 aliphatic heterocycles. The van der Waals surface area contributed by atoms with Crippen LogP contribution in [0.15, 0.2) is 48.5 Å². The van der Waals surface area contributed by atoms with E-state index in [1.165, 1.54) is 13.8 Å². The van der Waals surface area contributed by atoms with Gasteiger partial charge in [0.15, 0.2) is 5.60 Å². The molecule has 2 aromatic carbocycles. The topological polar surface area (TPSA) is 58.6 Å². The minimum atomic E-state index is -1.28. The summed E-state index contributed by atoms with van der Waals surface area (Å²) < 4.78 is 18.0. The van der Waals surface area contributed by atoms with E-state index in [0.29, 0.717) is 17.9 Å². The maximum absolute atomic E-state index is 12.5. The second-order valence-electron chi connectivity index (χ2n) is 6.07. The van der Waals surface area contributed by atoms with Gasteiger partial charge in [-0.1, -0.05) is 30.3 Å². The highest BCUT2D eigenvalue weighted by Gasteiger charge is 2.29. The zero-order chi connectivity index (χ0) is 17.6. The van der Waals surface area contributed by atoms with E-state index in [2.05, 4.69) is 5.32 Å². The molecule has 0 fully saturated rings. The molecule has 0 saturated heterocycles. The first-order valence-corrected chi connectivity index (χ1v) is 7.81. The van der Waals surface area contributed by atoms with E-state index in [-0.39, 0.29) is 0 Å². The van der Waals surface area contributed by atoms with Gasteiger partial charge in [0.1, 0.15) is 12.4 Å². The number of anilines is 1. The number of hydrogen-bond donors (Lipinski definition) is 2. The molecular formula is C19H22FNO3. The number of rotatable bonds is 8. The molecule has 2 N–H and O–H groups in total. The lowest BCUT2D eigenvalue weighted by molar-refractivity contribution is -0.152. The highest BCUT2D eigenvalue weighted by atomic mass is 19.1. The van der Waals surface area contributed by atoms with Crippen molar-refractivity contribution in [1.82, 2.24) is 0 Å². The molecule has 24 heavy (non-hydrogen) atoms. The first-order chi connectivity index (χ1) is 11.4. The highest BCUT2D eigenvalue weighted by Crippen LogP contribution is 2.22. The van der Waals surface area contributed by atoms with Gasteiger partial charge < -0.3 is 15.2 Å². The van der Waals surface area contributed by atoms with Crippen molar-refractivity contribution >= 4 is 11.7 Å². The quantitative estimate of drug-likeness (QED) is 0.766. The number of aliphatic carboxylic acids is 1. The van der Waals surface area contributed by atoms with Crippen molar-refractivity contribution in [3.63, 3.8) is 0 Å². The lowest BCUT2D eigenvalue weighted by Gasteiger charge is -2.21. The SMILES string of the molecule is CC(C)(Oc1cccc(NCCc2ccc(CF)cc2)c1)C(=O)O. The average molecular weight is 331 g/mol. The number of carboxylic acid groups (broad SMARTS) is 1. The van der Waals surface area contributed by atoms with Gasteiger partial charge in [0.05, 0.1) is 0 Å². The monoisotopic (exact) mass is 331 g/mol. The number of nitrogens with one attached hydrogen (secondary N) is 1. The Labute approximate surface area is 141 Å². The fourth-order valence-corrected chi connectivity index (χ4v) is 2.15. The molecule has 0 aliphatic carbocycles. The number of halogens is 1. The van der Waals surface area contributed by atoms with Crippen molar-refractivity contribution in [2.75, 3.05) is 11.9 Å². The van der Waals surface area contributed by atoms with Crippen LogP contribution in [0.4, 0.5) is 10.1 Å². The van der Waals surface area contributed by atoms with Crippen molar-refractivity contribution in [3.05, 3.63) is 59.7 Å². The number of benzene rings is 2. The predicted molar refractivity (Wildman–Crippen MR) is 92.2 cm³/mol. The van der Waals surface area contributed by atoms with Crippen LogP contribution in [0.25, 0.3) is 0 Å². The van der Waals surface area contributed by atoms with Crippen LogP contribution >= 0.6 is 0 Å². The molecule has 128 valence electrons. The maximum atomic E-state index is 12.5. The van der Waals surface area contributed by atoms with Gasteiger partial charge in [-0.3, -0.25) is 0 Å². The fourth-order valence-electron chi connectivity index (χ4n) is 2.15.